The van der Waals surface area contributed by atoms with Crippen molar-refractivity contribution in [3.05, 3.63) is 15.6 Å². The fourth-order valence-corrected chi connectivity index (χ4v) is 5.98. The van der Waals surface area contributed by atoms with E-state index >= 15 is 0 Å². The Labute approximate surface area is 164 Å². The van der Waals surface area contributed by atoms with Gasteiger partial charge in [0.25, 0.3) is 5.91 Å². The lowest BCUT2D eigenvalue weighted by molar-refractivity contribution is -0.138. The Bertz CT molecular complexity index is 712. The monoisotopic (exact) mass is 391 g/mol. The van der Waals surface area contributed by atoms with Gasteiger partial charge in [0, 0.05) is 32.1 Å². The SMILES string of the molecule is CC(=O)N1[C@@H]2CC[C@H]1CC(OC1CCN(C(=O)c3sc(C)nc3C)CC1)C2. The number of thiazole rings is 1. The molecule has 0 aliphatic carbocycles. The molecule has 27 heavy (non-hydrogen) atoms. The predicted octanol–water partition coefficient (Wildman–Crippen LogP) is 2.92. The number of aryl methyl sites for hydroxylation is 2. The minimum absolute atomic E-state index is 0.115. The van der Waals surface area contributed by atoms with E-state index < -0.39 is 0 Å². The van der Waals surface area contributed by atoms with Gasteiger partial charge in [0.15, 0.2) is 0 Å². The van der Waals surface area contributed by atoms with E-state index in [1.807, 2.05) is 18.7 Å². The lowest BCUT2D eigenvalue weighted by Crippen LogP contribution is -2.49. The molecule has 3 aliphatic heterocycles. The van der Waals surface area contributed by atoms with Crippen molar-refractivity contribution >= 4 is 23.2 Å². The number of carbonyl (C=O) groups is 2. The highest BCUT2D eigenvalue weighted by Gasteiger charge is 2.43. The van der Waals surface area contributed by atoms with Crippen LogP contribution >= 0.6 is 11.3 Å². The Hall–Kier alpha value is -1.47. The Morgan fingerprint density at radius 2 is 1.67 bits per heavy atom. The summed E-state index contributed by atoms with van der Waals surface area (Å²) in [5.41, 5.74) is 0.841. The fourth-order valence-electron chi connectivity index (χ4n) is 5.09. The Morgan fingerprint density at radius 3 is 2.19 bits per heavy atom. The van der Waals surface area contributed by atoms with Crippen molar-refractivity contribution < 1.29 is 14.3 Å². The average molecular weight is 392 g/mol. The molecule has 2 amide bonds. The first-order valence-electron chi connectivity index (χ1n) is 10.1. The van der Waals surface area contributed by atoms with Crippen LogP contribution in [0.15, 0.2) is 0 Å². The third-order valence-electron chi connectivity index (χ3n) is 6.27. The van der Waals surface area contributed by atoms with E-state index in [1.54, 1.807) is 6.92 Å². The number of aromatic nitrogens is 1. The molecule has 3 saturated heterocycles. The number of amides is 2. The van der Waals surface area contributed by atoms with Crippen LogP contribution in [0.1, 0.15) is 65.8 Å². The van der Waals surface area contributed by atoms with Crippen molar-refractivity contribution in [3.8, 4) is 0 Å². The second kappa shape index (κ2) is 7.51. The van der Waals surface area contributed by atoms with Crippen molar-refractivity contribution in [3.63, 3.8) is 0 Å². The number of carbonyl (C=O) groups excluding carboxylic acids is 2. The van der Waals surface area contributed by atoms with Crippen LogP contribution in [0.3, 0.4) is 0 Å². The second-order valence-corrected chi connectivity index (χ2v) is 9.38. The largest absolute Gasteiger partial charge is 0.375 e. The van der Waals surface area contributed by atoms with Gasteiger partial charge in [0.05, 0.1) is 22.9 Å². The molecule has 1 aromatic heterocycles. The van der Waals surface area contributed by atoms with Crippen LogP contribution in [0.5, 0.6) is 0 Å². The number of rotatable bonds is 3. The maximum Gasteiger partial charge on any atom is 0.265 e. The summed E-state index contributed by atoms with van der Waals surface area (Å²) in [6.07, 6.45) is 6.44. The maximum atomic E-state index is 12.7. The highest BCUT2D eigenvalue weighted by atomic mass is 32.1. The van der Waals surface area contributed by atoms with E-state index in [0.717, 1.165) is 67.2 Å². The summed E-state index contributed by atoms with van der Waals surface area (Å²) in [6.45, 7) is 7.04. The van der Waals surface area contributed by atoms with E-state index in [-0.39, 0.29) is 24.0 Å². The number of fused-ring (bicyclic) bond motifs is 2. The molecule has 3 atom stereocenters. The molecule has 1 unspecified atom stereocenters. The highest BCUT2D eigenvalue weighted by Crippen LogP contribution is 2.37. The third kappa shape index (κ3) is 3.76. The fraction of sp³-hybridized carbons (Fsp3) is 0.750. The molecule has 3 fully saturated rings. The summed E-state index contributed by atoms with van der Waals surface area (Å²) >= 11 is 1.49. The molecule has 2 bridgehead atoms. The maximum absolute atomic E-state index is 12.7. The van der Waals surface area contributed by atoms with Gasteiger partial charge in [-0.05, 0) is 52.4 Å². The zero-order valence-electron chi connectivity index (χ0n) is 16.4. The van der Waals surface area contributed by atoms with Crippen LogP contribution in [-0.2, 0) is 9.53 Å². The topological polar surface area (TPSA) is 62.7 Å². The average Bonchev–Trinajstić information content (AvgIpc) is 3.11. The van der Waals surface area contributed by atoms with Crippen LogP contribution in [-0.4, -0.2) is 64.0 Å². The van der Waals surface area contributed by atoms with Gasteiger partial charge >= 0.3 is 0 Å². The van der Waals surface area contributed by atoms with Gasteiger partial charge in [-0.15, -0.1) is 11.3 Å². The predicted molar refractivity (Wildman–Crippen MR) is 104 cm³/mol. The minimum atomic E-state index is 0.115. The van der Waals surface area contributed by atoms with Gasteiger partial charge in [-0.25, -0.2) is 4.98 Å². The van der Waals surface area contributed by atoms with Gasteiger partial charge in [0.1, 0.15) is 4.88 Å². The molecule has 0 aromatic carbocycles. The Kier molecular flexibility index (Phi) is 5.25. The van der Waals surface area contributed by atoms with Gasteiger partial charge in [0.2, 0.25) is 5.91 Å². The first-order chi connectivity index (χ1) is 12.9. The molecule has 0 N–H and O–H groups in total. The first-order valence-corrected chi connectivity index (χ1v) is 10.9. The number of likely N-dealkylation sites (tertiary alicyclic amines) is 1. The van der Waals surface area contributed by atoms with Gasteiger partial charge in [-0.2, -0.15) is 0 Å². The molecule has 0 radical (unpaired) electrons. The van der Waals surface area contributed by atoms with Gasteiger partial charge < -0.3 is 14.5 Å². The summed E-state index contributed by atoms with van der Waals surface area (Å²) < 4.78 is 6.42. The van der Waals surface area contributed by atoms with E-state index in [1.165, 1.54) is 11.3 Å². The van der Waals surface area contributed by atoms with E-state index in [4.69, 9.17) is 4.74 Å². The smallest absolute Gasteiger partial charge is 0.265 e. The number of hydrogen-bond acceptors (Lipinski definition) is 5. The number of piperidine rings is 2. The highest BCUT2D eigenvalue weighted by molar-refractivity contribution is 7.13. The Morgan fingerprint density at radius 1 is 1.04 bits per heavy atom. The molecule has 1 aromatic rings. The molecule has 0 spiro atoms. The van der Waals surface area contributed by atoms with Crippen LogP contribution in [0.25, 0.3) is 0 Å². The minimum Gasteiger partial charge on any atom is -0.375 e. The molecule has 4 heterocycles. The summed E-state index contributed by atoms with van der Waals surface area (Å²) in [5.74, 6) is 0.325. The molecule has 3 aliphatic rings. The van der Waals surface area contributed by atoms with Crippen molar-refractivity contribution in [2.75, 3.05) is 13.1 Å². The molecule has 7 heteroatoms. The molecular formula is C20H29N3O3S. The Balaban J connectivity index is 1.29. The van der Waals surface area contributed by atoms with Crippen LogP contribution in [0, 0.1) is 13.8 Å². The number of ether oxygens (including phenoxy) is 1. The summed E-state index contributed by atoms with van der Waals surface area (Å²) in [4.78, 5) is 33.8. The zero-order valence-corrected chi connectivity index (χ0v) is 17.3. The van der Waals surface area contributed by atoms with Crippen molar-refractivity contribution in [2.45, 2.75) is 83.6 Å². The van der Waals surface area contributed by atoms with E-state index in [2.05, 4.69) is 9.88 Å². The second-order valence-electron chi connectivity index (χ2n) is 8.18. The van der Waals surface area contributed by atoms with Gasteiger partial charge in [-0.3, -0.25) is 9.59 Å². The zero-order chi connectivity index (χ0) is 19.1. The van der Waals surface area contributed by atoms with E-state index in [0.29, 0.717) is 12.1 Å². The lowest BCUT2D eigenvalue weighted by atomic mass is 9.98. The molecular weight excluding hydrogens is 362 g/mol. The van der Waals surface area contributed by atoms with Crippen LogP contribution in [0.2, 0.25) is 0 Å². The number of nitrogens with zero attached hydrogens (tertiary/aromatic N) is 3. The quantitative estimate of drug-likeness (QED) is 0.795. The van der Waals surface area contributed by atoms with Crippen molar-refractivity contribution in [1.29, 1.82) is 0 Å². The van der Waals surface area contributed by atoms with Crippen LogP contribution in [0.4, 0.5) is 0 Å². The first kappa shape index (κ1) is 18.9. The molecule has 0 saturated carbocycles. The van der Waals surface area contributed by atoms with Crippen molar-refractivity contribution in [1.82, 2.24) is 14.8 Å². The van der Waals surface area contributed by atoms with Crippen LogP contribution < -0.4 is 0 Å². The molecule has 6 nitrogen and oxygen atoms in total. The van der Waals surface area contributed by atoms with Crippen molar-refractivity contribution in [2.24, 2.45) is 0 Å². The summed E-state index contributed by atoms with van der Waals surface area (Å²) in [7, 11) is 0. The van der Waals surface area contributed by atoms with E-state index in [9.17, 15) is 9.59 Å². The van der Waals surface area contributed by atoms with Gasteiger partial charge in [-0.1, -0.05) is 0 Å². The standard InChI is InChI=1S/C20H29N3O3S/c1-12-19(27-13(2)21-12)20(25)22-8-6-17(7-9-22)26-18-10-15-4-5-16(11-18)23(15)14(3)24/h15-18H,4-11H2,1-3H3/t15-,16+,18?. The summed E-state index contributed by atoms with van der Waals surface area (Å²) in [6, 6.07) is 0.732. The molecule has 148 valence electrons. The summed E-state index contributed by atoms with van der Waals surface area (Å²) in [5, 5.41) is 0.945. The normalized spacial score (nSPS) is 28.6. The number of hydrogen-bond donors (Lipinski definition) is 0. The third-order valence-corrected chi connectivity index (χ3v) is 7.33. The molecule has 4 rings (SSSR count). The lowest BCUT2D eigenvalue weighted by Gasteiger charge is -2.40.